The molecule has 0 spiro atoms. The first-order valence-electron chi connectivity index (χ1n) is 12.3. The number of piperazine rings is 2. The van der Waals surface area contributed by atoms with Gasteiger partial charge in [-0.1, -0.05) is 19.9 Å². The van der Waals surface area contributed by atoms with Crippen LogP contribution in [-0.2, 0) is 14.4 Å². The van der Waals surface area contributed by atoms with Crippen LogP contribution in [0.25, 0.3) is 10.9 Å². The van der Waals surface area contributed by atoms with Gasteiger partial charge in [0, 0.05) is 86.6 Å². The number of carboxylic acids is 1. The second kappa shape index (κ2) is 10.8. The van der Waals surface area contributed by atoms with Gasteiger partial charge in [0.25, 0.3) is 0 Å². The summed E-state index contributed by atoms with van der Waals surface area (Å²) in [5, 5.41) is 13.8. The fraction of sp³-hybridized carbons (Fsp3) is 0.560. The molecule has 3 N–H and O–H groups in total. The Morgan fingerprint density at radius 2 is 1.71 bits per heavy atom. The van der Waals surface area contributed by atoms with Crippen LogP contribution in [0, 0.1) is 5.92 Å². The number of amides is 2. The highest BCUT2D eigenvalue weighted by atomic mass is 16.4. The molecule has 2 fully saturated rings. The quantitative estimate of drug-likeness (QED) is 0.543. The molecule has 0 aliphatic carbocycles. The number of carbonyl (C=O) groups is 3. The summed E-state index contributed by atoms with van der Waals surface area (Å²) in [6.07, 6.45) is 1.75. The molecule has 190 valence electrons. The van der Waals surface area contributed by atoms with Crippen molar-refractivity contribution >= 4 is 34.4 Å². The number of benzene rings is 1. The van der Waals surface area contributed by atoms with E-state index in [4.69, 9.17) is 0 Å². The van der Waals surface area contributed by atoms with Gasteiger partial charge in [0.2, 0.25) is 11.8 Å². The van der Waals surface area contributed by atoms with Crippen molar-refractivity contribution < 1.29 is 19.5 Å². The average molecular weight is 485 g/mol. The minimum Gasteiger partial charge on any atom is -0.480 e. The second-order valence-corrected chi connectivity index (χ2v) is 9.89. The Hall–Kier alpha value is -2.95. The lowest BCUT2D eigenvalue weighted by Gasteiger charge is -2.39. The standard InChI is InChI=1S/C25H36N6O4/c1-17(2)24(33)27-18-4-5-19-20(15-26-21(19)14-18)23(25(34)35)31-12-8-29(9-13-31)16-22(32)30-10-6-28(3)7-11-30/h4-5,14-15,17,23,26H,6-13,16H2,1-3H3,(H,27,33)(H,34,35). The molecule has 2 aromatic rings. The highest BCUT2D eigenvalue weighted by molar-refractivity contribution is 5.96. The number of aromatic amines is 1. The van der Waals surface area contributed by atoms with E-state index in [2.05, 4.69) is 27.1 Å². The Balaban J connectivity index is 1.40. The van der Waals surface area contributed by atoms with Crippen LogP contribution in [0.5, 0.6) is 0 Å². The second-order valence-electron chi connectivity index (χ2n) is 9.89. The molecular weight excluding hydrogens is 448 g/mol. The molecule has 10 nitrogen and oxygen atoms in total. The number of hydrogen-bond acceptors (Lipinski definition) is 6. The van der Waals surface area contributed by atoms with Crippen molar-refractivity contribution in [3.05, 3.63) is 30.0 Å². The minimum absolute atomic E-state index is 0.0662. The fourth-order valence-electron chi connectivity index (χ4n) is 4.75. The number of carboxylic acid groups (broad SMARTS) is 1. The predicted octanol–water partition coefficient (Wildman–Crippen LogP) is 1.28. The van der Waals surface area contributed by atoms with Crippen molar-refractivity contribution in [3.63, 3.8) is 0 Å². The van der Waals surface area contributed by atoms with Crippen LogP contribution in [0.3, 0.4) is 0 Å². The number of fused-ring (bicyclic) bond motifs is 1. The molecule has 2 aliphatic heterocycles. The lowest BCUT2D eigenvalue weighted by molar-refractivity contribution is -0.145. The fourth-order valence-corrected chi connectivity index (χ4v) is 4.75. The first-order chi connectivity index (χ1) is 16.7. The highest BCUT2D eigenvalue weighted by Gasteiger charge is 2.33. The highest BCUT2D eigenvalue weighted by Crippen LogP contribution is 2.31. The molecule has 4 rings (SSSR count). The maximum atomic E-state index is 12.7. The minimum atomic E-state index is -0.898. The number of nitrogens with one attached hydrogen (secondary N) is 2. The van der Waals surface area contributed by atoms with E-state index in [9.17, 15) is 19.5 Å². The van der Waals surface area contributed by atoms with Crippen molar-refractivity contribution in [1.82, 2.24) is 24.6 Å². The Kier molecular flexibility index (Phi) is 7.73. The number of nitrogens with zero attached hydrogens (tertiary/aromatic N) is 4. The van der Waals surface area contributed by atoms with Gasteiger partial charge in [-0.2, -0.15) is 0 Å². The van der Waals surface area contributed by atoms with Crippen LogP contribution in [0.4, 0.5) is 5.69 Å². The summed E-state index contributed by atoms with van der Waals surface area (Å²) in [4.78, 5) is 48.5. The van der Waals surface area contributed by atoms with Gasteiger partial charge in [0.05, 0.1) is 6.54 Å². The summed E-state index contributed by atoms with van der Waals surface area (Å²) in [7, 11) is 2.07. The van der Waals surface area contributed by atoms with E-state index in [0.717, 1.165) is 37.1 Å². The molecule has 2 saturated heterocycles. The summed E-state index contributed by atoms with van der Waals surface area (Å²) >= 11 is 0. The molecule has 3 heterocycles. The number of aliphatic carboxylic acids is 1. The SMILES string of the molecule is CC(C)C(=O)Nc1ccc2c(C(C(=O)O)N3CCN(CC(=O)N4CCN(C)CC4)CC3)c[nH]c2c1. The van der Waals surface area contributed by atoms with Crippen LogP contribution in [0.2, 0.25) is 0 Å². The number of rotatable bonds is 7. The van der Waals surface area contributed by atoms with Crippen LogP contribution >= 0.6 is 0 Å². The van der Waals surface area contributed by atoms with E-state index in [1.165, 1.54) is 0 Å². The topological polar surface area (TPSA) is 112 Å². The van der Waals surface area contributed by atoms with Crippen LogP contribution < -0.4 is 5.32 Å². The van der Waals surface area contributed by atoms with Crippen molar-refractivity contribution in [2.24, 2.45) is 5.92 Å². The monoisotopic (exact) mass is 484 g/mol. The van der Waals surface area contributed by atoms with Crippen LogP contribution in [0.15, 0.2) is 24.4 Å². The molecule has 1 aromatic carbocycles. The van der Waals surface area contributed by atoms with Crippen LogP contribution in [0.1, 0.15) is 25.5 Å². The predicted molar refractivity (Wildman–Crippen MR) is 134 cm³/mol. The Labute approximate surface area is 205 Å². The molecule has 1 unspecified atom stereocenters. The molecule has 2 amide bonds. The number of carbonyl (C=O) groups excluding carboxylic acids is 2. The third kappa shape index (κ3) is 5.83. The summed E-state index contributed by atoms with van der Waals surface area (Å²) in [6.45, 7) is 9.82. The van der Waals surface area contributed by atoms with E-state index >= 15 is 0 Å². The molecular formula is C25H36N6O4. The number of aromatic nitrogens is 1. The van der Waals surface area contributed by atoms with Crippen molar-refractivity contribution in [1.29, 1.82) is 0 Å². The lowest BCUT2D eigenvalue weighted by Crippen LogP contribution is -2.54. The zero-order valence-corrected chi connectivity index (χ0v) is 20.8. The van der Waals surface area contributed by atoms with Gasteiger partial charge in [-0.15, -0.1) is 0 Å². The zero-order chi connectivity index (χ0) is 25.1. The first kappa shape index (κ1) is 25.2. The summed E-state index contributed by atoms with van der Waals surface area (Å²) in [6, 6.07) is 4.72. The lowest BCUT2D eigenvalue weighted by atomic mass is 10.0. The van der Waals surface area contributed by atoms with Gasteiger partial charge in [0.15, 0.2) is 0 Å². The van der Waals surface area contributed by atoms with E-state index < -0.39 is 12.0 Å². The maximum absolute atomic E-state index is 12.7. The molecule has 0 radical (unpaired) electrons. The Morgan fingerprint density at radius 3 is 2.34 bits per heavy atom. The molecule has 2 aliphatic rings. The summed E-state index contributed by atoms with van der Waals surface area (Å²) in [5.41, 5.74) is 2.16. The van der Waals surface area contributed by atoms with Gasteiger partial charge in [0.1, 0.15) is 6.04 Å². The summed E-state index contributed by atoms with van der Waals surface area (Å²) < 4.78 is 0. The van der Waals surface area contributed by atoms with Crippen molar-refractivity contribution in [2.45, 2.75) is 19.9 Å². The average Bonchev–Trinajstić information content (AvgIpc) is 3.23. The molecule has 0 saturated carbocycles. The van der Waals surface area contributed by atoms with Crippen LogP contribution in [-0.4, -0.2) is 113 Å². The molecule has 10 heteroatoms. The number of anilines is 1. The maximum Gasteiger partial charge on any atom is 0.325 e. The van der Waals surface area contributed by atoms with Gasteiger partial charge in [-0.05, 0) is 19.2 Å². The zero-order valence-electron chi connectivity index (χ0n) is 20.8. The molecule has 1 atom stereocenters. The van der Waals surface area contributed by atoms with Gasteiger partial charge < -0.3 is 25.2 Å². The number of hydrogen-bond donors (Lipinski definition) is 3. The molecule has 1 aromatic heterocycles. The molecule has 0 bridgehead atoms. The largest absolute Gasteiger partial charge is 0.480 e. The number of H-pyrrole nitrogens is 1. The molecule has 35 heavy (non-hydrogen) atoms. The normalized spacial score (nSPS) is 19.3. The van der Waals surface area contributed by atoms with Gasteiger partial charge >= 0.3 is 5.97 Å². The summed E-state index contributed by atoms with van der Waals surface area (Å²) in [5.74, 6) is -0.941. The first-order valence-corrected chi connectivity index (χ1v) is 12.3. The van der Waals surface area contributed by atoms with Crippen molar-refractivity contribution in [2.75, 3.05) is 71.3 Å². The van der Waals surface area contributed by atoms with Gasteiger partial charge in [-0.25, -0.2) is 0 Å². The van der Waals surface area contributed by atoms with Gasteiger partial charge in [-0.3, -0.25) is 24.2 Å². The van der Waals surface area contributed by atoms with E-state index in [1.807, 2.05) is 35.8 Å². The third-order valence-corrected chi connectivity index (χ3v) is 7.02. The number of likely N-dealkylation sites (N-methyl/N-ethyl adjacent to an activating group) is 1. The smallest absolute Gasteiger partial charge is 0.325 e. The van der Waals surface area contributed by atoms with Crippen molar-refractivity contribution in [3.8, 4) is 0 Å². The third-order valence-electron chi connectivity index (χ3n) is 7.02. The van der Waals surface area contributed by atoms with E-state index in [0.29, 0.717) is 44.0 Å². The van der Waals surface area contributed by atoms with E-state index in [1.54, 1.807) is 12.3 Å². The Morgan fingerprint density at radius 1 is 1.03 bits per heavy atom. The van der Waals surface area contributed by atoms with E-state index in [-0.39, 0.29) is 17.7 Å². The Bertz CT molecular complexity index is 1070.